The molecule has 1 heterocycles. The van der Waals surface area contributed by atoms with Crippen molar-refractivity contribution in [2.24, 2.45) is 0 Å². The highest BCUT2D eigenvalue weighted by molar-refractivity contribution is 5.93. The molecule has 0 aromatic heterocycles. The van der Waals surface area contributed by atoms with Crippen LogP contribution in [0.1, 0.15) is 35.2 Å². The number of benzene rings is 1. The van der Waals surface area contributed by atoms with Crippen molar-refractivity contribution in [3.8, 4) is 0 Å². The van der Waals surface area contributed by atoms with Crippen LogP contribution in [-0.4, -0.2) is 37.7 Å². The molecule has 0 spiro atoms. The van der Waals surface area contributed by atoms with Gasteiger partial charge in [-0.25, -0.2) is 5.06 Å². The summed E-state index contributed by atoms with van der Waals surface area (Å²) in [4.78, 5) is 16.9. The van der Waals surface area contributed by atoms with Crippen LogP contribution in [0.4, 0.5) is 0 Å². The minimum absolute atomic E-state index is 0.113. The summed E-state index contributed by atoms with van der Waals surface area (Å²) in [5.74, 6) is 0.388. The Kier molecular flexibility index (Phi) is 3.99. The number of carbonyl (C=O) groups excluding carboxylic acids is 1. The van der Waals surface area contributed by atoms with E-state index in [1.54, 1.807) is 7.05 Å². The van der Waals surface area contributed by atoms with E-state index in [1.807, 2.05) is 18.2 Å². The van der Waals surface area contributed by atoms with Gasteiger partial charge in [0.1, 0.15) is 0 Å². The zero-order valence-corrected chi connectivity index (χ0v) is 11.1. The summed E-state index contributed by atoms with van der Waals surface area (Å²) in [6.07, 6.45) is 1.12. The van der Waals surface area contributed by atoms with Crippen LogP contribution in [0, 0.1) is 0 Å². The van der Waals surface area contributed by atoms with Gasteiger partial charge >= 0.3 is 0 Å². The molecule has 0 aliphatic carbocycles. The largest absolute Gasteiger partial charge is 0.314 e. The molecule has 2 atom stereocenters. The number of hydroxylamine groups is 2. The van der Waals surface area contributed by atoms with Gasteiger partial charge in [-0.2, -0.15) is 0 Å². The summed E-state index contributed by atoms with van der Waals surface area (Å²) in [6, 6.07) is 8.38. The highest BCUT2D eigenvalue weighted by atomic mass is 16.7. The van der Waals surface area contributed by atoms with Gasteiger partial charge in [0.25, 0.3) is 5.91 Å². The Morgan fingerprint density at radius 1 is 1.50 bits per heavy atom. The lowest BCUT2D eigenvalue weighted by Crippen LogP contribution is -2.25. The highest BCUT2D eigenvalue weighted by Gasteiger charge is 2.23. The van der Waals surface area contributed by atoms with E-state index in [0.29, 0.717) is 17.5 Å². The predicted octanol–water partition coefficient (Wildman–Crippen LogP) is 1.79. The minimum atomic E-state index is -0.113. The van der Waals surface area contributed by atoms with E-state index in [1.165, 1.54) is 17.7 Å². The van der Waals surface area contributed by atoms with Gasteiger partial charge in [-0.05, 0) is 37.0 Å². The number of hydrogen-bond donors (Lipinski definition) is 1. The summed E-state index contributed by atoms with van der Waals surface area (Å²) >= 11 is 0. The molecule has 1 aromatic carbocycles. The quantitative estimate of drug-likeness (QED) is 0.829. The van der Waals surface area contributed by atoms with E-state index in [-0.39, 0.29) is 5.91 Å². The third kappa shape index (κ3) is 2.71. The maximum atomic E-state index is 12.0. The number of carbonyl (C=O) groups is 1. The van der Waals surface area contributed by atoms with E-state index in [4.69, 9.17) is 4.84 Å². The van der Waals surface area contributed by atoms with Crippen molar-refractivity contribution in [1.29, 1.82) is 0 Å². The van der Waals surface area contributed by atoms with Crippen LogP contribution in [0.2, 0.25) is 0 Å². The predicted molar refractivity (Wildman–Crippen MR) is 70.4 cm³/mol. The molecule has 1 aliphatic heterocycles. The molecule has 1 aliphatic rings. The number of nitrogens with one attached hydrogen (secondary N) is 1. The van der Waals surface area contributed by atoms with Crippen LogP contribution in [0.15, 0.2) is 24.3 Å². The molecule has 4 heteroatoms. The van der Waals surface area contributed by atoms with Gasteiger partial charge in [0, 0.05) is 25.2 Å². The van der Waals surface area contributed by atoms with Crippen molar-refractivity contribution in [2.45, 2.75) is 25.3 Å². The summed E-state index contributed by atoms with van der Waals surface area (Å²) in [6.45, 7) is 3.17. The van der Waals surface area contributed by atoms with Crippen LogP contribution < -0.4 is 5.32 Å². The Morgan fingerprint density at radius 3 is 2.89 bits per heavy atom. The first kappa shape index (κ1) is 13.1. The molecule has 1 N–H and O–H groups in total. The van der Waals surface area contributed by atoms with Crippen LogP contribution in [0.5, 0.6) is 0 Å². The lowest BCUT2D eigenvalue weighted by atomic mass is 9.95. The molecule has 18 heavy (non-hydrogen) atoms. The maximum Gasteiger partial charge on any atom is 0.277 e. The molecular formula is C14H20N2O2. The van der Waals surface area contributed by atoms with Crippen molar-refractivity contribution in [3.63, 3.8) is 0 Å². The molecule has 0 saturated carbocycles. The monoisotopic (exact) mass is 248 g/mol. The third-order valence-corrected chi connectivity index (χ3v) is 3.52. The lowest BCUT2D eigenvalue weighted by Gasteiger charge is -2.15. The van der Waals surface area contributed by atoms with Gasteiger partial charge in [-0.15, -0.1) is 0 Å². The number of nitrogens with zero attached hydrogens (tertiary/aromatic N) is 1. The van der Waals surface area contributed by atoms with Crippen LogP contribution in [-0.2, 0) is 4.84 Å². The van der Waals surface area contributed by atoms with Crippen molar-refractivity contribution in [1.82, 2.24) is 10.4 Å². The zero-order chi connectivity index (χ0) is 13.1. The van der Waals surface area contributed by atoms with E-state index in [9.17, 15) is 4.79 Å². The van der Waals surface area contributed by atoms with Crippen molar-refractivity contribution in [2.75, 3.05) is 20.7 Å². The Bertz CT molecular complexity index is 434. The van der Waals surface area contributed by atoms with Gasteiger partial charge in [0.15, 0.2) is 0 Å². The van der Waals surface area contributed by atoms with E-state index in [0.717, 1.165) is 13.0 Å². The topological polar surface area (TPSA) is 41.6 Å². The normalized spacial score (nSPS) is 23.1. The molecule has 0 bridgehead atoms. The van der Waals surface area contributed by atoms with Crippen molar-refractivity contribution >= 4 is 5.91 Å². The molecule has 98 valence electrons. The molecule has 1 saturated heterocycles. The fraction of sp³-hybridized carbons (Fsp3) is 0.500. The average molecular weight is 248 g/mol. The summed E-state index contributed by atoms with van der Waals surface area (Å²) < 4.78 is 0. The van der Waals surface area contributed by atoms with Crippen LogP contribution in [0.25, 0.3) is 0 Å². The Morgan fingerprint density at radius 2 is 2.28 bits per heavy atom. The average Bonchev–Trinajstić information content (AvgIpc) is 2.84. The van der Waals surface area contributed by atoms with Crippen LogP contribution in [0.3, 0.4) is 0 Å². The van der Waals surface area contributed by atoms with Gasteiger partial charge in [-0.1, -0.05) is 12.1 Å². The number of amides is 1. The first-order valence-corrected chi connectivity index (χ1v) is 6.27. The molecule has 1 amide bonds. The number of hydrogen-bond acceptors (Lipinski definition) is 3. The fourth-order valence-electron chi connectivity index (χ4n) is 2.38. The van der Waals surface area contributed by atoms with Gasteiger partial charge in [0.2, 0.25) is 0 Å². The molecular weight excluding hydrogens is 228 g/mol. The lowest BCUT2D eigenvalue weighted by molar-refractivity contribution is -0.0757. The molecule has 0 unspecified atom stereocenters. The standard InChI is InChI=1S/C14H20N2O2/c1-10-7-13(9-15-10)11-5-4-6-12(8-11)14(17)16(2)18-3/h4-6,8,10,13,15H,7,9H2,1-3H3/t10-,13+/m0/s1. The molecule has 1 aromatic rings. The Balaban J connectivity index is 2.17. The van der Waals surface area contributed by atoms with Gasteiger partial charge in [0.05, 0.1) is 7.11 Å². The minimum Gasteiger partial charge on any atom is -0.314 e. The summed E-state index contributed by atoms with van der Waals surface area (Å²) in [7, 11) is 3.11. The summed E-state index contributed by atoms with van der Waals surface area (Å²) in [5.41, 5.74) is 1.90. The molecule has 2 rings (SSSR count). The maximum absolute atomic E-state index is 12.0. The van der Waals surface area contributed by atoms with Crippen LogP contribution >= 0.6 is 0 Å². The van der Waals surface area contributed by atoms with E-state index < -0.39 is 0 Å². The third-order valence-electron chi connectivity index (χ3n) is 3.52. The van der Waals surface area contributed by atoms with Gasteiger partial charge < -0.3 is 5.32 Å². The zero-order valence-electron chi connectivity index (χ0n) is 11.1. The second kappa shape index (κ2) is 5.50. The highest BCUT2D eigenvalue weighted by Crippen LogP contribution is 2.26. The molecule has 1 fully saturated rings. The first-order valence-electron chi connectivity index (χ1n) is 6.27. The number of rotatable bonds is 3. The fourth-order valence-corrected chi connectivity index (χ4v) is 2.38. The Hall–Kier alpha value is -1.39. The SMILES string of the molecule is CON(C)C(=O)c1cccc([C@H]2CN[C@@H](C)C2)c1. The molecule has 0 radical (unpaired) electrons. The second-order valence-corrected chi connectivity index (χ2v) is 4.85. The van der Waals surface area contributed by atoms with E-state index >= 15 is 0 Å². The summed E-state index contributed by atoms with van der Waals surface area (Å²) in [5, 5.41) is 4.68. The van der Waals surface area contributed by atoms with Crippen molar-refractivity contribution in [3.05, 3.63) is 35.4 Å². The molecule has 4 nitrogen and oxygen atoms in total. The van der Waals surface area contributed by atoms with Gasteiger partial charge in [-0.3, -0.25) is 9.63 Å². The van der Waals surface area contributed by atoms with Crippen molar-refractivity contribution < 1.29 is 9.63 Å². The first-order chi connectivity index (χ1) is 8.61. The smallest absolute Gasteiger partial charge is 0.277 e. The van der Waals surface area contributed by atoms with E-state index in [2.05, 4.69) is 18.3 Å². The Labute approximate surface area is 108 Å². The second-order valence-electron chi connectivity index (χ2n) is 4.85.